The number of hydrogen-bond acceptors (Lipinski definition) is 6. The second kappa shape index (κ2) is 6.95. The van der Waals surface area contributed by atoms with Crippen LogP contribution in [0.5, 0.6) is 0 Å². The zero-order valence-electron chi connectivity index (χ0n) is 14.3. The van der Waals surface area contributed by atoms with Crippen LogP contribution in [0, 0.1) is 0 Å². The summed E-state index contributed by atoms with van der Waals surface area (Å²) in [7, 11) is 1.41. The van der Waals surface area contributed by atoms with Crippen LogP contribution in [0.25, 0.3) is 11.4 Å². The molecule has 6 heteroatoms. The largest absolute Gasteiger partial charge is 0.467 e. The summed E-state index contributed by atoms with van der Waals surface area (Å²) in [6.45, 7) is 4.54. The standard InChI is InChI=1S/C18H22N4O2/c1-4-22(12(2)18(23)24-3)17-14-8-5-9-15(14)20-16(21-17)13-7-6-10-19-11-13/h6-7,10-12H,4-5,8-9H2,1-3H3. The lowest BCUT2D eigenvalue weighted by Gasteiger charge is -2.29. The molecule has 0 aromatic carbocycles. The Kier molecular flexibility index (Phi) is 4.74. The van der Waals surface area contributed by atoms with E-state index in [0.29, 0.717) is 12.4 Å². The third-order valence-corrected chi connectivity index (χ3v) is 4.45. The molecule has 2 aromatic rings. The van der Waals surface area contributed by atoms with Crippen molar-refractivity contribution in [3.8, 4) is 11.4 Å². The van der Waals surface area contributed by atoms with Gasteiger partial charge in [-0.15, -0.1) is 0 Å². The predicted octanol–water partition coefficient (Wildman–Crippen LogP) is 2.42. The van der Waals surface area contributed by atoms with E-state index < -0.39 is 0 Å². The molecule has 1 unspecified atom stereocenters. The van der Waals surface area contributed by atoms with Crippen molar-refractivity contribution in [1.82, 2.24) is 15.0 Å². The van der Waals surface area contributed by atoms with E-state index in [1.54, 1.807) is 12.4 Å². The number of anilines is 1. The Balaban J connectivity index is 2.09. The quantitative estimate of drug-likeness (QED) is 0.786. The molecule has 0 amide bonds. The number of aromatic nitrogens is 3. The summed E-state index contributed by atoms with van der Waals surface area (Å²) in [5.41, 5.74) is 3.12. The third-order valence-electron chi connectivity index (χ3n) is 4.45. The lowest BCUT2D eigenvalue weighted by atomic mass is 10.1. The maximum atomic E-state index is 12.0. The summed E-state index contributed by atoms with van der Waals surface area (Å²) in [4.78, 5) is 27.7. The van der Waals surface area contributed by atoms with Crippen molar-refractivity contribution in [2.75, 3.05) is 18.6 Å². The van der Waals surface area contributed by atoms with Crippen LogP contribution in [0.15, 0.2) is 24.5 Å². The normalized spacial score (nSPS) is 14.1. The lowest BCUT2D eigenvalue weighted by molar-refractivity contribution is -0.141. The molecule has 126 valence electrons. The zero-order valence-corrected chi connectivity index (χ0v) is 14.3. The molecule has 24 heavy (non-hydrogen) atoms. The molecule has 1 aliphatic carbocycles. The molecule has 1 atom stereocenters. The average Bonchev–Trinajstić information content (AvgIpc) is 3.10. The van der Waals surface area contributed by atoms with Gasteiger partial charge in [0.05, 0.1) is 7.11 Å². The maximum Gasteiger partial charge on any atom is 0.328 e. The molecule has 2 aromatic heterocycles. The number of carbonyl (C=O) groups excluding carboxylic acids is 1. The lowest BCUT2D eigenvalue weighted by Crippen LogP contribution is -2.41. The highest BCUT2D eigenvalue weighted by molar-refractivity contribution is 5.79. The molecule has 0 saturated heterocycles. The van der Waals surface area contributed by atoms with Gasteiger partial charge in [-0.3, -0.25) is 4.98 Å². The highest BCUT2D eigenvalue weighted by Gasteiger charge is 2.28. The Labute approximate surface area is 141 Å². The highest BCUT2D eigenvalue weighted by atomic mass is 16.5. The Morgan fingerprint density at radius 2 is 2.21 bits per heavy atom. The van der Waals surface area contributed by atoms with Gasteiger partial charge in [0.2, 0.25) is 0 Å². The summed E-state index contributed by atoms with van der Waals surface area (Å²) >= 11 is 0. The van der Waals surface area contributed by atoms with Gasteiger partial charge in [-0.2, -0.15) is 0 Å². The molecule has 0 bridgehead atoms. The van der Waals surface area contributed by atoms with Crippen LogP contribution >= 0.6 is 0 Å². The van der Waals surface area contributed by atoms with Crippen LogP contribution in [-0.4, -0.2) is 40.6 Å². The second-order valence-corrected chi connectivity index (χ2v) is 5.88. The number of likely N-dealkylation sites (N-methyl/N-ethyl adjacent to an activating group) is 1. The van der Waals surface area contributed by atoms with Crippen LogP contribution in [0.2, 0.25) is 0 Å². The van der Waals surface area contributed by atoms with Gasteiger partial charge in [-0.1, -0.05) is 0 Å². The molecule has 0 N–H and O–H groups in total. The number of nitrogens with zero attached hydrogens (tertiary/aromatic N) is 4. The SMILES string of the molecule is CCN(c1nc(-c2cccnc2)nc2c1CCC2)C(C)C(=O)OC. The van der Waals surface area contributed by atoms with E-state index in [4.69, 9.17) is 14.7 Å². The Morgan fingerprint density at radius 1 is 1.38 bits per heavy atom. The Morgan fingerprint density at radius 3 is 2.88 bits per heavy atom. The number of esters is 1. The van der Waals surface area contributed by atoms with Crippen molar-refractivity contribution in [3.63, 3.8) is 0 Å². The fraction of sp³-hybridized carbons (Fsp3) is 0.444. The Bertz CT molecular complexity index is 733. The number of carbonyl (C=O) groups is 1. The van der Waals surface area contributed by atoms with Gasteiger partial charge in [0.25, 0.3) is 0 Å². The smallest absolute Gasteiger partial charge is 0.328 e. The van der Waals surface area contributed by atoms with Gasteiger partial charge < -0.3 is 9.64 Å². The molecule has 0 fully saturated rings. The topological polar surface area (TPSA) is 68.2 Å². The zero-order chi connectivity index (χ0) is 17.1. The summed E-state index contributed by atoms with van der Waals surface area (Å²) < 4.78 is 4.92. The van der Waals surface area contributed by atoms with Gasteiger partial charge in [-0.05, 0) is 45.2 Å². The first-order valence-electron chi connectivity index (χ1n) is 8.30. The number of aryl methyl sites for hydroxylation is 1. The third kappa shape index (κ3) is 2.96. The maximum absolute atomic E-state index is 12.0. The van der Waals surface area contributed by atoms with E-state index in [1.165, 1.54) is 7.11 Å². The average molecular weight is 326 g/mol. The van der Waals surface area contributed by atoms with Crippen molar-refractivity contribution in [2.24, 2.45) is 0 Å². The number of fused-ring (bicyclic) bond motifs is 1. The summed E-state index contributed by atoms with van der Waals surface area (Å²) in [5.74, 6) is 1.25. The fourth-order valence-corrected chi connectivity index (χ4v) is 3.18. The monoisotopic (exact) mass is 326 g/mol. The van der Waals surface area contributed by atoms with Crippen molar-refractivity contribution in [3.05, 3.63) is 35.8 Å². The van der Waals surface area contributed by atoms with Crippen molar-refractivity contribution in [2.45, 2.75) is 39.2 Å². The minimum absolute atomic E-state index is 0.259. The minimum atomic E-state index is -0.388. The van der Waals surface area contributed by atoms with E-state index >= 15 is 0 Å². The van der Waals surface area contributed by atoms with E-state index in [9.17, 15) is 4.79 Å². The number of rotatable bonds is 5. The molecular weight excluding hydrogens is 304 g/mol. The van der Waals surface area contributed by atoms with Gasteiger partial charge in [0, 0.05) is 35.8 Å². The van der Waals surface area contributed by atoms with E-state index in [2.05, 4.69) is 4.98 Å². The predicted molar refractivity (Wildman–Crippen MR) is 91.8 cm³/mol. The number of hydrogen-bond donors (Lipinski definition) is 0. The van der Waals surface area contributed by atoms with Crippen molar-refractivity contribution in [1.29, 1.82) is 0 Å². The van der Waals surface area contributed by atoms with Gasteiger partial charge in [0.1, 0.15) is 11.9 Å². The van der Waals surface area contributed by atoms with Crippen LogP contribution in [-0.2, 0) is 22.4 Å². The molecule has 1 aliphatic rings. The van der Waals surface area contributed by atoms with E-state index in [-0.39, 0.29) is 12.0 Å². The molecule has 0 spiro atoms. The highest BCUT2D eigenvalue weighted by Crippen LogP contribution is 2.32. The summed E-state index contributed by atoms with van der Waals surface area (Å²) in [5, 5.41) is 0. The molecule has 0 radical (unpaired) electrons. The van der Waals surface area contributed by atoms with E-state index in [0.717, 1.165) is 41.9 Å². The molecule has 2 heterocycles. The molecular formula is C18H22N4O2. The van der Waals surface area contributed by atoms with Crippen LogP contribution in [0.1, 0.15) is 31.5 Å². The first-order valence-corrected chi connectivity index (χ1v) is 8.30. The molecule has 6 nitrogen and oxygen atoms in total. The molecule has 0 saturated carbocycles. The van der Waals surface area contributed by atoms with Crippen LogP contribution < -0.4 is 4.90 Å². The van der Waals surface area contributed by atoms with Crippen LogP contribution in [0.3, 0.4) is 0 Å². The van der Waals surface area contributed by atoms with Gasteiger partial charge in [-0.25, -0.2) is 14.8 Å². The number of methoxy groups -OCH3 is 1. The van der Waals surface area contributed by atoms with Crippen LogP contribution in [0.4, 0.5) is 5.82 Å². The number of pyridine rings is 1. The number of ether oxygens (including phenoxy) is 1. The molecule has 0 aliphatic heterocycles. The Hall–Kier alpha value is -2.50. The van der Waals surface area contributed by atoms with Crippen molar-refractivity contribution < 1.29 is 9.53 Å². The van der Waals surface area contributed by atoms with E-state index in [1.807, 2.05) is 30.9 Å². The fourth-order valence-electron chi connectivity index (χ4n) is 3.18. The minimum Gasteiger partial charge on any atom is -0.467 e. The van der Waals surface area contributed by atoms with Crippen molar-refractivity contribution >= 4 is 11.8 Å². The summed E-state index contributed by atoms with van der Waals surface area (Å²) in [6.07, 6.45) is 6.46. The first kappa shape index (κ1) is 16.4. The molecule has 3 rings (SSSR count). The van der Waals surface area contributed by atoms with Gasteiger partial charge in [0.15, 0.2) is 5.82 Å². The summed E-state index contributed by atoms with van der Waals surface area (Å²) in [6, 6.07) is 3.44. The first-order chi connectivity index (χ1) is 11.7. The second-order valence-electron chi connectivity index (χ2n) is 5.88. The van der Waals surface area contributed by atoms with Gasteiger partial charge >= 0.3 is 5.97 Å².